The van der Waals surface area contributed by atoms with Gasteiger partial charge in [-0.15, -0.1) is 0 Å². The summed E-state index contributed by atoms with van der Waals surface area (Å²) in [5.74, 6) is -0.733. The maximum Gasteiger partial charge on any atom is 0.266 e. The molecule has 10 heteroatoms. The van der Waals surface area contributed by atoms with E-state index in [1.165, 1.54) is 29.2 Å². The molecule has 0 aliphatic rings. The second kappa shape index (κ2) is 6.89. The Kier molecular flexibility index (Phi) is 4.62. The fourth-order valence-corrected chi connectivity index (χ4v) is 2.77. The zero-order valence-electron chi connectivity index (χ0n) is 14.0. The maximum absolute atomic E-state index is 11.8. The van der Waals surface area contributed by atoms with Gasteiger partial charge in [0.05, 0.1) is 35.2 Å². The molecular formula is C17H13N5O4S. The van der Waals surface area contributed by atoms with Crippen molar-refractivity contribution < 1.29 is 18.3 Å². The molecule has 0 spiro atoms. The van der Waals surface area contributed by atoms with Gasteiger partial charge in [-0.05, 0) is 29.8 Å². The highest BCUT2D eigenvalue weighted by Gasteiger charge is 2.15. The largest absolute Gasteiger partial charge is 0.493 e. The smallest absolute Gasteiger partial charge is 0.266 e. The number of carbonyl (C=O) groups is 1. The lowest BCUT2D eigenvalue weighted by Gasteiger charge is -2.05. The number of benzene rings is 1. The molecule has 0 unspecified atom stereocenters. The van der Waals surface area contributed by atoms with E-state index < -0.39 is 15.9 Å². The van der Waals surface area contributed by atoms with Crippen molar-refractivity contribution in [2.75, 3.05) is 6.26 Å². The first-order valence-electron chi connectivity index (χ1n) is 7.54. The van der Waals surface area contributed by atoms with Gasteiger partial charge in [0.15, 0.2) is 5.82 Å². The van der Waals surface area contributed by atoms with Crippen LogP contribution >= 0.6 is 0 Å². The normalized spacial score (nSPS) is 11.0. The van der Waals surface area contributed by atoms with Gasteiger partial charge in [0, 0.05) is 6.20 Å². The molecule has 27 heavy (non-hydrogen) atoms. The monoisotopic (exact) mass is 383 g/mol. The number of rotatable bonds is 4. The minimum Gasteiger partial charge on any atom is -0.493 e. The van der Waals surface area contributed by atoms with Gasteiger partial charge in [0.25, 0.3) is 5.91 Å². The van der Waals surface area contributed by atoms with Gasteiger partial charge in [-0.3, -0.25) is 4.79 Å². The van der Waals surface area contributed by atoms with E-state index in [1.54, 1.807) is 24.3 Å². The van der Waals surface area contributed by atoms with Gasteiger partial charge < -0.3 is 5.11 Å². The van der Waals surface area contributed by atoms with Crippen molar-refractivity contribution in [2.45, 2.75) is 0 Å². The molecule has 0 atom stereocenters. The topological polar surface area (TPSA) is 138 Å². The molecule has 9 nitrogen and oxygen atoms in total. The van der Waals surface area contributed by atoms with Crippen LogP contribution in [0.25, 0.3) is 16.9 Å². The van der Waals surface area contributed by atoms with E-state index in [-0.39, 0.29) is 17.3 Å². The fraction of sp³-hybridized carbons (Fsp3) is 0.0588. The highest BCUT2D eigenvalue weighted by Crippen LogP contribution is 2.30. The summed E-state index contributed by atoms with van der Waals surface area (Å²) >= 11 is 0. The quantitative estimate of drug-likeness (QED) is 0.690. The van der Waals surface area contributed by atoms with Crippen LogP contribution in [0.5, 0.6) is 5.88 Å². The third-order valence-electron chi connectivity index (χ3n) is 3.57. The molecule has 0 radical (unpaired) electrons. The lowest BCUT2D eigenvalue weighted by atomic mass is 10.1. The van der Waals surface area contributed by atoms with Crippen molar-refractivity contribution >= 4 is 15.9 Å². The minimum absolute atomic E-state index is 0.0446. The van der Waals surface area contributed by atoms with E-state index in [1.807, 2.05) is 10.8 Å². The van der Waals surface area contributed by atoms with Gasteiger partial charge in [-0.2, -0.15) is 15.0 Å². The van der Waals surface area contributed by atoms with E-state index in [4.69, 9.17) is 5.26 Å². The Morgan fingerprint density at radius 2 is 1.89 bits per heavy atom. The van der Waals surface area contributed by atoms with Crippen LogP contribution in [0.15, 0.2) is 48.8 Å². The Hall–Kier alpha value is -3.71. The molecule has 2 aromatic heterocycles. The van der Waals surface area contributed by atoms with Gasteiger partial charge in [-0.1, -0.05) is 12.1 Å². The number of aromatic nitrogens is 3. The molecule has 1 aromatic carbocycles. The highest BCUT2D eigenvalue weighted by molar-refractivity contribution is 7.89. The Bertz CT molecular complexity index is 1140. The van der Waals surface area contributed by atoms with Crippen LogP contribution in [0, 0.1) is 11.3 Å². The molecule has 1 amide bonds. The van der Waals surface area contributed by atoms with E-state index in [2.05, 4.69) is 10.1 Å². The number of pyridine rings is 1. The summed E-state index contributed by atoms with van der Waals surface area (Å²) in [4.78, 5) is 15.8. The number of carbonyl (C=O) groups excluding carboxylic acids is 1. The predicted molar refractivity (Wildman–Crippen MR) is 95.5 cm³/mol. The molecule has 2 N–H and O–H groups in total. The highest BCUT2D eigenvalue weighted by atomic mass is 32.2. The van der Waals surface area contributed by atoms with Gasteiger partial charge in [0.2, 0.25) is 15.9 Å². The number of hydrogen-bond acceptors (Lipinski definition) is 7. The zero-order valence-corrected chi connectivity index (χ0v) is 14.8. The molecule has 0 aliphatic carbocycles. The van der Waals surface area contributed by atoms with Gasteiger partial charge >= 0.3 is 0 Å². The van der Waals surface area contributed by atoms with Crippen LogP contribution in [-0.4, -0.2) is 40.5 Å². The molecule has 0 aliphatic heterocycles. The van der Waals surface area contributed by atoms with Crippen molar-refractivity contribution in [3.63, 3.8) is 0 Å². The molecule has 136 valence electrons. The van der Waals surface area contributed by atoms with E-state index in [0.717, 1.165) is 6.26 Å². The van der Waals surface area contributed by atoms with Crippen molar-refractivity contribution in [3.8, 4) is 28.9 Å². The SMILES string of the molecule is CS(=O)(=O)NC(=O)c1ccc(-n2ncc(-c3ccc(C#N)cc3)c2O)nc1. The first-order chi connectivity index (χ1) is 12.8. The summed E-state index contributed by atoms with van der Waals surface area (Å²) in [5, 5.41) is 23.4. The first kappa shape index (κ1) is 18.1. The average molecular weight is 383 g/mol. The molecule has 0 saturated carbocycles. The predicted octanol–water partition coefficient (Wildman–Crippen LogP) is 1.20. The summed E-state index contributed by atoms with van der Waals surface area (Å²) < 4.78 is 25.2. The van der Waals surface area contributed by atoms with Crippen LogP contribution in [0.3, 0.4) is 0 Å². The summed E-state index contributed by atoms with van der Waals surface area (Å²) in [6, 6.07) is 11.4. The molecule has 0 fully saturated rings. The summed E-state index contributed by atoms with van der Waals surface area (Å²) in [6.45, 7) is 0. The summed E-state index contributed by atoms with van der Waals surface area (Å²) in [7, 11) is -3.68. The van der Waals surface area contributed by atoms with Gasteiger partial charge in [-0.25, -0.2) is 18.1 Å². The van der Waals surface area contributed by atoms with Crippen LogP contribution < -0.4 is 4.72 Å². The number of nitrogens with zero attached hydrogens (tertiary/aromatic N) is 4. The van der Waals surface area contributed by atoms with E-state index in [0.29, 0.717) is 16.7 Å². The van der Waals surface area contributed by atoms with Crippen LogP contribution in [0.4, 0.5) is 0 Å². The van der Waals surface area contributed by atoms with Gasteiger partial charge in [0.1, 0.15) is 0 Å². The van der Waals surface area contributed by atoms with E-state index >= 15 is 0 Å². The van der Waals surface area contributed by atoms with Crippen molar-refractivity contribution in [3.05, 3.63) is 59.9 Å². The summed E-state index contributed by atoms with van der Waals surface area (Å²) in [6.07, 6.45) is 3.50. The minimum atomic E-state index is -3.68. The number of hydrogen-bond donors (Lipinski definition) is 2. The standard InChI is InChI=1S/C17H13N5O4S/c1-27(25,26)21-16(23)13-6-7-15(19-9-13)22-17(24)14(10-20-22)12-4-2-11(8-18)3-5-12/h2-7,9-10,24H,1H3,(H,21,23). The number of nitrogens with one attached hydrogen (secondary N) is 1. The molecule has 3 rings (SSSR count). The molecular weight excluding hydrogens is 370 g/mol. The number of amides is 1. The second-order valence-electron chi connectivity index (χ2n) is 5.59. The van der Waals surface area contributed by atoms with Crippen LogP contribution in [-0.2, 0) is 10.0 Å². The Morgan fingerprint density at radius 3 is 2.44 bits per heavy atom. The second-order valence-corrected chi connectivity index (χ2v) is 7.34. The maximum atomic E-state index is 11.8. The molecule has 3 aromatic rings. The van der Waals surface area contributed by atoms with Crippen LogP contribution in [0.1, 0.15) is 15.9 Å². The Morgan fingerprint density at radius 1 is 1.19 bits per heavy atom. The third kappa shape index (κ3) is 3.94. The number of nitriles is 1. The van der Waals surface area contributed by atoms with E-state index in [9.17, 15) is 18.3 Å². The van der Waals surface area contributed by atoms with Crippen molar-refractivity contribution in [1.29, 1.82) is 5.26 Å². The zero-order chi connectivity index (χ0) is 19.6. The van der Waals surface area contributed by atoms with Crippen molar-refractivity contribution in [2.24, 2.45) is 0 Å². The summed E-state index contributed by atoms with van der Waals surface area (Å²) in [5.41, 5.74) is 1.65. The molecule has 0 saturated heterocycles. The third-order valence-corrected chi connectivity index (χ3v) is 4.13. The molecule has 2 heterocycles. The number of aromatic hydroxyl groups is 1. The Balaban J connectivity index is 1.88. The lowest BCUT2D eigenvalue weighted by molar-refractivity contribution is 0.0981. The number of sulfonamides is 1. The average Bonchev–Trinajstić information content (AvgIpc) is 3.02. The fourth-order valence-electron chi connectivity index (χ4n) is 2.31. The van der Waals surface area contributed by atoms with Crippen LogP contribution in [0.2, 0.25) is 0 Å². The van der Waals surface area contributed by atoms with Crippen molar-refractivity contribution in [1.82, 2.24) is 19.5 Å². The molecule has 0 bridgehead atoms. The lowest BCUT2D eigenvalue weighted by Crippen LogP contribution is -2.29. The first-order valence-corrected chi connectivity index (χ1v) is 9.44. The Labute approximate surface area is 154 Å².